The first-order chi connectivity index (χ1) is 9.88. The molecule has 0 aliphatic rings. The van der Waals surface area contributed by atoms with E-state index in [9.17, 15) is 14.5 Å². The van der Waals surface area contributed by atoms with Gasteiger partial charge in [0.05, 0.1) is 4.92 Å². The highest BCUT2D eigenvalue weighted by molar-refractivity contribution is 9.10. The molecule has 0 unspecified atom stereocenters. The average Bonchev–Trinajstić information content (AvgIpc) is 2.40. The third kappa shape index (κ3) is 3.58. The van der Waals surface area contributed by atoms with E-state index in [0.717, 1.165) is 0 Å². The van der Waals surface area contributed by atoms with Crippen LogP contribution in [0.5, 0.6) is 5.75 Å². The van der Waals surface area contributed by atoms with Crippen LogP contribution in [0.2, 0.25) is 0 Å². The van der Waals surface area contributed by atoms with E-state index in [1.807, 2.05) is 0 Å². The van der Waals surface area contributed by atoms with E-state index in [1.165, 1.54) is 12.1 Å². The van der Waals surface area contributed by atoms with Gasteiger partial charge in [-0.25, -0.2) is 4.39 Å². The zero-order valence-corrected chi connectivity index (χ0v) is 13.1. The van der Waals surface area contributed by atoms with Crippen molar-refractivity contribution in [2.75, 3.05) is 0 Å². The average molecular weight is 354 g/mol. The second-order valence-corrected chi connectivity index (χ2v) is 5.60. The van der Waals surface area contributed by atoms with Crippen molar-refractivity contribution >= 4 is 21.6 Å². The third-order valence-electron chi connectivity index (χ3n) is 3.09. The number of nitro groups is 1. The molecule has 0 atom stereocenters. The van der Waals surface area contributed by atoms with Crippen molar-refractivity contribution in [3.05, 3.63) is 67.4 Å². The summed E-state index contributed by atoms with van der Waals surface area (Å²) in [4.78, 5) is 10.4. The van der Waals surface area contributed by atoms with Crippen molar-refractivity contribution in [1.82, 2.24) is 0 Å². The van der Waals surface area contributed by atoms with E-state index in [0.29, 0.717) is 26.9 Å². The Morgan fingerprint density at radius 2 is 1.95 bits per heavy atom. The van der Waals surface area contributed by atoms with Crippen LogP contribution >= 0.6 is 15.9 Å². The number of rotatable bonds is 4. The molecule has 0 amide bonds. The van der Waals surface area contributed by atoms with Crippen LogP contribution in [0.3, 0.4) is 0 Å². The van der Waals surface area contributed by atoms with Gasteiger partial charge in [0.15, 0.2) is 0 Å². The quantitative estimate of drug-likeness (QED) is 0.591. The molecule has 0 bridgehead atoms. The van der Waals surface area contributed by atoms with Crippen molar-refractivity contribution in [3.8, 4) is 5.75 Å². The number of halogens is 2. The lowest BCUT2D eigenvalue weighted by molar-refractivity contribution is -0.385. The van der Waals surface area contributed by atoms with Crippen LogP contribution in [0.4, 0.5) is 10.1 Å². The topological polar surface area (TPSA) is 52.4 Å². The second kappa shape index (κ2) is 6.22. The molecular formula is C15H13BrFNO3. The summed E-state index contributed by atoms with van der Waals surface area (Å²) in [6, 6.07) is 7.79. The normalized spacial score (nSPS) is 10.5. The predicted molar refractivity (Wildman–Crippen MR) is 81.0 cm³/mol. The molecule has 6 heteroatoms. The molecule has 0 aromatic heterocycles. The zero-order valence-electron chi connectivity index (χ0n) is 11.5. The molecule has 0 aliphatic carbocycles. The Morgan fingerprint density at radius 3 is 2.57 bits per heavy atom. The first-order valence-corrected chi connectivity index (χ1v) is 7.00. The van der Waals surface area contributed by atoms with Crippen LogP contribution in [0.15, 0.2) is 34.8 Å². The lowest BCUT2D eigenvalue weighted by atomic mass is 10.1. The number of hydrogen-bond donors (Lipinski definition) is 0. The Balaban J connectivity index is 2.20. The van der Waals surface area contributed by atoms with Gasteiger partial charge >= 0.3 is 0 Å². The Bertz CT molecular complexity index is 704. The van der Waals surface area contributed by atoms with Crippen molar-refractivity contribution in [2.24, 2.45) is 0 Å². The molecule has 2 rings (SSSR count). The predicted octanol–water partition coefficient (Wildman–Crippen LogP) is 4.69. The molecule has 4 nitrogen and oxygen atoms in total. The van der Waals surface area contributed by atoms with Crippen molar-refractivity contribution in [2.45, 2.75) is 20.5 Å². The van der Waals surface area contributed by atoms with Gasteiger partial charge in [-0.2, -0.15) is 0 Å². The monoisotopic (exact) mass is 353 g/mol. The minimum atomic E-state index is -0.430. The fourth-order valence-electron chi connectivity index (χ4n) is 1.92. The number of aryl methyl sites for hydroxylation is 2. The van der Waals surface area contributed by atoms with Gasteiger partial charge in [0.25, 0.3) is 5.69 Å². The van der Waals surface area contributed by atoms with Crippen LogP contribution < -0.4 is 4.74 Å². The smallest absolute Gasteiger partial charge is 0.272 e. The summed E-state index contributed by atoms with van der Waals surface area (Å²) in [5, 5.41) is 10.9. The lowest BCUT2D eigenvalue weighted by Gasteiger charge is -2.11. The van der Waals surface area contributed by atoms with Crippen LogP contribution in [-0.2, 0) is 6.61 Å². The van der Waals surface area contributed by atoms with Crippen molar-refractivity contribution in [3.63, 3.8) is 0 Å². The molecule has 2 aromatic rings. The number of nitro benzene ring substituents is 1. The van der Waals surface area contributed by atoms with Gasteiger partial charge in [-0.05, 0) is 37.6 Å². The van der Waals surface area contributed by atoms with Gasteiger partial charge in [-0.3, -0.25) is 10.1 Å². The Labute approximate surface area is 129 Å². The molecule has 0 saturated heterocycles. The summed E-state index contributed by atoms with van der Waals surface area (Å²) in [7, 11) is 0. The minimum absolute atomic E-state index is 0.0506. The highest BCUT2D eigenvalue weighted by Gasteiger charge is 2.14. The first kappa shape index (κ1) is 15.4. The van der Waals surface area contributed by atoms with E-state index in [4.69, 9.17) is 4.74 Å². The van der Waals surface area contributed by atoms with Gasteiger partial charge in [0.1, 0.15) is 18.2 Å². The Morgan fingerprint density at radius 1 is 1.24 bits per heavy atom. The first-order valence-electron chi connectivity index (χ1n) is 6.21. The minimum Gasteiger partial charge on any atom is -0.489 e. The van der Waals surface area contributed by atoms with Gasteiger partial charge in [-0.15, -0.1) is 0 Å². The van der Waals surface area contributed by atoms with Crippen LogP contribution in [-0.4, -0.2) is 4.92 Å². The molecule has 0 N–H and O–H groups in total. The maximum atomic E-state index is 13.7. The van der Waals surface area contributed by atoms with Gasteiger partial charge in [0.2, 0.25) is 0 Å². The summed E-state index contributed by atoms with van der Waals surface area (Å²) in [5.41, 5.74) is 1.63. The molecule has 0 aliphatic heterocycles. The summed E-state index contributed by atoms with van der Waals surface area (Å²) in [5.74, 6) is 0.154. The maximum Gasteiger partial charge on any atom is 0.272 e. The Hall–Kier alpha value is -1.95. The summed E-state index contributed by atoms with van der Waals surface area (Å²) in [6.07, 6.45) is 0. The molecule has 0 heterocycles. The highest BCUT2D eigenvalue weighted by atomic mass is 79.9. The fourth-order valence-corrected chi connectivity index (χ4v) is 2.25. The summed E-state index contributed by atoms with van der Waals surface area (Å²) < 4.78 is 19.9. The van der Waals surface area contributed by atoms with E-state index < -0.39 is 4.92 Å². The number of nitrogens with zero attached hydrogens (tertiary/aromatic N) is 1. The molecule has 21 heavy (non-hydrogen) atoms. The molecule has 2 aromatic carbocycles. The molecule has 0 spiro atoms. The molecular weight excluding hydrogens is 341 g/mol. The highest BCUT2D eigenvalue weighted by Crippen LogP contribution is 2.28. The van der Waals surface area contributed by atoms with Crippen molar-refractivity contribution in [1.29, 1.82) is 0 Å². The van der Waals surface area contributed by atoms with Crippen molar-refractivity contribution < 1.29 is 14.1 Å². The van der Waals surface area contributed by atoms with E-state index in [1.54, 1.807) is 32.0 Å². The summed E-state index contributed by atoms with van der Waals surface area (Å²) in [6.45, 7) is 3.43. The van der Waals surface area contributed by atoms with Gasteiger partial charge in [0, 0.05) is 21.7 Å². The summed E-state index contributed by atoms with van der Waals surface area (Å²) >= 11 is 3.19. The molecule has 0 fully saturated rings. The van der Waals surface area contributed by atoms with E-state index in [2.05, 4.69) is 15.9 Å². The van der Waals surface area contributed by atoms with Crippen LogP contribution in [0, 0.1) is 29.8 Å². The number of benzene rings is 2. The molecule has 110 valence electrons. The van der Waals surface area contributed by atoms with Gasteiger partial charge < -0.3 is 4.74 Å². The largest absolute Gasteiger partial charge is 0.489 e. The fraction of sp³-hybridized carbons (Fsp3) is 0.200. The molecule has 0 radical (unpaired) electrons. The lowest BCUT2D eigenvalue weighted by Crippen LogP contribution is -2.01. The van der Waals surface area contributed by atoms with E-state index in [-0.39, 0.29) is 18.1 Å². The van der Waals surface area contributed by atoms with Gasteiger partial charge in [-0.1, -0.05) is 22.0 Å². The van der Waals surface area contributed by atoms with E-state index >= 15 is 0 Å². The standard InChI is InChI=1S/C15H13BrFNO3/c1-9-6-15(10(2)5-14(9)18(19)20)21-8-11-3-4-12(16)7-13(11)17/h3-7H,8H2,1-2H3. The SMILES string of the molecule is Cc1cc([N+](=O)[O-])c(C)cc1OCc1ccc(Br)cc1F. The Kier molecular flexibility index (Phi) is 4.57. The number of ether oxygens (including phenoxy) is 1. The molecule has 0 saturated carbocycles. The van der Waals surface area contributed by atoms with Crippen LogP contribution in [0.1, 0.15) is 16.7 Å². The third-order valence-corrected chi connectivity index (χ3v) is 3.58. The maximum absolute atomic E-state index is 13.7. The van der Waals surface area contributed by atoms with Crippen LogP contribution in [0.25, 0.3) is 0 Å². The zero-order chi connectivity index (χ0) is 15.6. The second-order valence-electron chi connectivity index (χ2n) is 4.69. The number of hydrogen-bond acceptors (Lipinski definition) is 3.